The Kier molecular flexibility index (Phi) is 9.05. The molecule has 0 saturated carbocycles. The molecule has 0 aromatic carbocycles. The van der Waals surface area contributed by atoms with Gasteiger partial charge in [0.1, 0.15) is 13.1 Å². The second-order valence-electron chi connectivity index (χ2n) is 3.90. The molecule has 0 fully saturated rings. The first kappa shape index (κ1) is 18.1. The molecule has 0 aromatic heterocycles. The molecule has 0 unspecified atom stereocenters. The van der Waals surface area contributed by atoms with E-state index in [4.69, 9.17) is 19.7 Å². The molecule has 2 amide bonds. The largest absolute Gasteiger partial charge is 0.480 e. The zero-order valence-corrected chi connectivity index (χ0v) is 11.6. The van der Waals surface area contributed by atoms with Crippen LogP contribution in [0.5, 0.6) is 0 Å². The predicted octanol–water partition coefficient (Wildman–Crippen LogP) is -0.828. The fourth-order valence-corrected chi connectivity index (χ4v) is 1.42. The summed E-state index contributed by atoms with van der Waals surface area (Å²) in [4.78, 5) is 35.6. The molecule has 116 valence electrons. The van der Waals surface area contributed by atoms with E-state index in [9.17, 15) is 14.4 Å². The van der Waals surface area contributed by atoms with Gasteiger partial charge in [-0.15, -0.1) is 0 Å². The number of nitrogens with zero attached hydrogens (tertiary/aromatic N) is 2. The molecule has 0 radical (unpaired) electrons. The molecule has 0 bridgehead atoms. The summed E-state index contributed by atoms with van der Waals surface area (Å²) in [6.07, 6.45) is 0. The lowest BCUT2D eigenvalue weighted by Crippen LogP contribution is -2.49. The summed E-state index contributed by atoms with van der Waals surface area (Å²) in [6, 6.07) is -0.677. The SMILES string of the molecule is COCCN(CCOC)C(=O)N(CC(=O)O)CC(=O)O. The minimum Gasteiger partial charge on any atom is -0.480 e. The molecule has 0 aliphatic heterocycles. The van der Waals surface area contributed by atoms with Crippen LogP contribution in [0.25, 0.3) is 0 Å². The third kappa shape index (κ3) is 7.54. The Bertz CT molecular complexity index is 311. The molecule has 20 heavy (non-hydrogen) atoms. The van der Waals surface area contributed by atoms with Crippen LogP contribution in [0.15, 0.2) is 0 Å². The number of hydrogen-bond donors (Lipinski definition) is 2. The monoisotopic (exact) mass is 292 g/mol. The van der Waals surface area contributed by atoms with Crippen molar-refractivity contribution in [3.8, 4) is 0 Å². The molecule has 0 atom stereocenters. The number of hydrogen-bond acceptors (Lipinski definition) is 5. The Balaban J connectivity index is 4.80. The van der Waals surface area contributed by atoms with Crippen LogP contribution in [0, 0.1) is 0 Å². The number of carboxylic acids is 2. The predicted molar refractivity (Wildman–Crippen MR) is 67.6 cm³/mol. The summed E-state index contributed by atoms with van der Waals surface area (Å²) < 4.78 is 9.72. The summed E-state index contributed by atoms with van der Waals surface area (Å²) in [5, 5.41) is 17.4. The maximum absolute atomic E-state index is 12.1. The molecule has 9 heteroatoms. The average Bonchev–Trinajstić information content (AvgIpc) is 2.36. The number of ether oxygens (including phenoxy) is 2. The highest BCUT2D eigenvalue weighted by atomic mass is 16.5. The minimum absolute atomic E-state index is 0.217. The quantitative estimate of drug-likeness (QED) is 0.540. The summed E-state index contributed by atoms with van der Waals surface area (Å²) in [5.74, 6) is -2.56. The molecule has 0 aliphatic carbocycles. The molecule has 0 aliphatic rings. The number of carbonyl (C=O) groups excluding carboxylic acids is 1. The van der Waals surface area contributed by atoms with E-state index < -0.39 is 31.1 Å². The standard InChI is InChI=1S/C11H20N2O7/c1-19-5-3-12(4-6-20-2)11(18)13(7-9(14)15)8-10(16)17/h3-8H2,1-2H3,(H,14,15)(H,16,17). The third-order valence-corrected chi connectivity index (χ3v) is 2.32. The highest BCUT2D eigenvalue weighted by molar-refractivity contribution is 5.84. The van der Waals surface area contributed by atoms with Crippen LogP contribution >= 0.6 is 0 Å². The summed E-state index contributed by atoms with van der Waals surface area (Å²) in [5.41, 5.74) is 0. The first-order valence-corrected chi connectivity index (χ1v) is 5.87. The number of aliphatic carboxylic acids is 2. The van der Waals surface area contributed by atoms with E-state index in [2.05, 4.69) is 0 Å². The molecule has 2 N–H and O–H groups in total. The van der Waals surface area contributed by atoms with Crippen LogP contribution in [0.4, 0.5) is 4.79 Å². The van der Waals surface area contributed by atoms with Crippen molar-refractivity contribution >= 4 is 18.0 Å². The van der Waals surface area contributed by atoms with Gasteiger partial charge >= 0.3 is 18.0 Å². The fraction of sp³-hybridized carbons (Fsp3) is 0.727. The van der Waals surface area contributed by atoms with Crippen molar-refractivity contribution in [3.63, 3.8) is 0 Å². The van der Waals surface area contributed by atoms with Gasteiger partial charge in [0.15, 0.2) is 0 Å². The van der Waals surface area contributed by atoms with Crippen LogP contribution in [0.1, 0.15) is 0 Å². The number of methoxy groups -OCH3 is 2. The van der Waals surface area contributed by atoms with Crippen molar-refractivity contribution in [2.75, 3.05) is 53.6 Å². The number of carbonyl (C=O) groups is 3. The Labute approximate surface area is 116 Å². The Morgan fingerprint density at radius 2 is 1.25 bits per heavy atom. The van der Waals surface area contributed by atoms with Gasteiger partial charge in [-0.25, -0.2) is 4.79 Å². The van der Waals surface area contributed by atoms with Gasteiger partial charge < -0.3 is 29.5 Å². The summed E-state index contributed by atoms with van der Waals surface area (Å²) >= 11 is 0. The molecule has 0 spiro atoms. The van der Waals surface area contributed by atoms with E-state index in [-0.39, 0.29) is 26.3 Å². The summed E-state index contributed by atoms with van der Waals surface area (Å²) in [6.45, 7) is -0.418. The highest BCUT2D eigenvalue weighted by Gasteiger charge is 2.24. The molecule has 0 rings (SSSR count). The maximum atomic E-state index is 12.1. The molecule has 0 saturated heterocycles. The van der Waals surface area contributed by atoms with Gasteiger partial charge in [-0.05, 0) is 0 Å². The van der Waals surface area contributed by atoms with E-state index in [0.717, 1.165) is 4.90 Å². The van der Waals surface area contributed by atoms with Crippen molar-refractivity contribution in [2.45, 2.75) is 0 Å². The van der Waals surface area contributed by atoms with Crippen molar-refractivity contribution in [2.24, 2.45) is 0 Å². The lowest BCUT2D eigenvalue weighted by Gasteiger charge is -2.28. The van der Waals surface area contributed by atoms with Crippen LogP contribution in [0.2, 0.25) is 0 Å². The van der Waals surface area contributed by atoms with Gasteiger partial charge in [-0.1, -0.05) is 0 Å². The molecule has 0 aromatic rings. The van der Waals surface area contributed by atoms with E-state index in [1.54, 1.807) is 0 Å². The first-order valence-electron chi connectivity index (χ1n) is 5.87. The van der Waals surface area contributed by atoms with Crippen LogP contribution in [-0.2, 0) is 19.1 Å². The van der Waals surface area contributed by atoms with Crippen LogP contribution in [-0.4, -0.2) is 91.6 Å². The lowest BCUT2D eigenvalue weighted by molar-refractivity contribution is -0.140. The van der Waals surface area contributed by atoms with E-state index in [0.29, 0.717) is 0 Å². The van der Waals surface area contributed by atoms with Crippen LogP contribution < -0.4 is 0 Å². The molecule has 9 nitrogen and oxygen atoms in total. The smallest absolute Gasteiger partial charge is 0.323 e. The van der Waals surface area contributed by atoms with Gasteiger partial charge in [0.25, 0.3) is 0 Å². The Morgan fingerprint density at radius 1 is 0.850 bits per heavy atom. The van der Waals surface area contributed by atoms with Gasteiger partial charge in [0, 0.05) is 27.3 Å². The number of amides is 2. The first-order chi connectivity index (χ1) is 9.42. The number of rotatable bonds is 10. The zero-order valence-electron chi connectivity index (χ0n) is 11.6. The number of urea groups is 1. The van der Waals surface area contributed by atoms with Crippen molar-refractivity contribution < 1.29 is 34.1 Å². The van der Waals surface area contributed by atoms with E-state index in [1.165, 1.54) is 19.1 Å². The topological polar surface area (TPSA) is 117 Å². The summed E-state index contributed by atoms with van der Waals surface area (Å²) in [7, 11) is 2.93. The zero-order chi connectivity index (χ0) is 15.5. The second kappa shape index (κ2) is 9.98. The fourth-order valence-electron chi connectivity index (χ4n) is 1.42. The van der Waals surface area contributed by atoms with Gasteiger partial charge in [0.05, 0.1) is 13.2 Å². The van der Waals surface area contributed by atoms with E-state index >= 15 is 0 Å². The normalized spacial score (nSPS) is 10.1. The van der Waals surface area contributed by atoms with Crippen molar-refractivity contribution in [3.05, 3.63) is 0 Å². The molecular weight excluding hydrogens is 272 g/mol. The Hall–Kier alpha value is -1.87. The Morgan fingerprint density at radius 3 is 1.55 bits per heavy atom. The third-order valence-electron chi connectivity index (χ3n) is 2.32. The van der Waals surface area contributed by atoms with Gasteiger partial charge in [0.2, 0.25) is 0 Å². The van der Waals surface area contributed by atoms with Crippen LogP contribution in [0.3, 0.4) is 0 Å². The number of carboxylic acid groups (broad SMARTS) is 2. The van der Waals surface area contributed by atoms with Gasteiger partial charge in [-0.2, -0.15) is 0 Å². The molecule has 0 heterocycles. The van der Waals surface area contributed by atoms with Crippen molar-refractivity contribution in [1.82, 2.24) is 9.80 Å². The average molecular weight is 292 g/mol. The van der Waals surface area contributed by atoms with E-state index in [1.807, 2.05) is 0 Å². The minimum atomic E-state index is -1.28. The second-order valence-corrected chi connectivity index (χ2v) is 3.90. The van der Waals surface area contributed by atoms with Gasteiger partial charge in [-0.3, -0.25) is 9.59 Å². The highest BCUT2D eigenvalue weighted by Crippen LogP contribution is 2.00. The van der Waals surface area contributed by atoms with Crippen molar-refractivity contribution in [1.29, 1.82) is 0 Å². The molecular formula is C11H20N2O7. The lowest BCUT2D eigenvalue weighted by atomic mass is 10.4. The maximum Gasteiger partial charge on any atom is 0.323 e.